The minimum Gasteiger partial charge on any atom is -0.379 e. The van der Waals surface area contributed by atoms with E-state index >= 15 is 0 Å². The fourth-order valence-corrected chi connectivity index (χ4v) is 6.62. The summed E-state index contributed by atoms with van der Waals surface area (Å²) < 4.78 is 33.9. The molecular weight excluding hydrogens is 442 g/mol. The van der Waals surface area contributed by atoms with Gasteiger partial charge in [0.2, 0.25) is 15.9 Å². The zero-order chi connectivity index (χ0) is 21.1. The number of aromatic nitrogens is 1. The van der Waals surface area contributed by atoms with Gasteiger partial charge in [-0.3, -0.25) is 4.79 Å². The van der Waals surface area contributed by atoms with E-state index in [9.17, 15) is 13.2 Å². The fraction of sp³-hybridized carbons (Fsp3) is 0.300. The number of sulfonamides is 1. The number of nitrogens with zero attached hydrogens (tertiary/aromatic N) is 2. The third kappa shape index (κ3) is 4.68. The van der Waals surface area contributed by atoms with Gasteiger partial charge in [0, 0.05) is 18.8 Å². The normalized spacial score (nSPS) is 16.4. The molecule has 2 aromatic carbocycles. The van der Waals surface area contributed by atoms with E-state index < -0.39 is 10.0 Å². The number of nitrogens with one attached hydrogen (secondary N) is 1. The number of thiazole rings is 1. The molecule has 1 saturated heterocycles. The first-order chi connectivity index (χ1) is 14.4. The van der Waals surface area contributed by atoms with Crippen molar-refractivity contribution in [1.29, 1.82) is 0 Å². The number of carbonyl (C=O) groups is 1. The molecule has 0 aliphatic carbocycles. The molecule has 1 aromatic heterocycles. The number of amides is 1. The van der Waals surface area contributed by atoms with Crippen LogP contribution in [0.5, 0.6) is 0 Å². The number of rotatable bonds is 6. The van der Waals surface area contributed by atoms with Gasteiger partial charge in [-0.2, -0.15) is 4.31 Å². The van der Waals surface area contributed by atoms with E-state index in [1.54, 1.807) is 23.5 Å². The Morgan fingerprint density at radius 3 is 2.57 bits per heavy atom. The maximum Gasteiger partial charge on any atom is 0.243 e. The fourth-order valence-electron chi connectivity index (χ4n) is 3.00. The van der Waals surface area contributed by atoms with Gasteiger partial charge >= 0.3 is 0 Å². The Bertz CT molecular complexity index is 1110. The molecule has 0 spiro atoms. The molecule has 0 bridgehead atoms. The molecule has 4 rings (SSSR count). The van der Waals surface area contributed by atoms with Gasteiger partial charge in [-0.05, 0) is 43.3 Å². The number of thioether (sulfide) groups is 1. The summed E-state index contributed by atoms with van der Waals surface area (Å²) in [7, 11) is -3.55. The van der Waals surface area contributed by atoms with E-state index in [4.69, 9.17) is 4.74 Å². The molecular formula is C20H21N3O4S3. The monoisotopic (exact) mass is 463 g/mol. The number of para-hydroxylation sites is 1. The lowest BCUT2D eigenvalue weighted by Crippen LogP contribution is -2.40. The number of benzene rings is 2. The number of morpholine rings is 1. The van der Waals surface area contributed by atoms with E-state index in [1.165, 1.54) is 28.2 Å². The number of carbonyl (C=O) groups excluding carboxylic acids is 1. The van der Waals surface area contributed by atoms with Crippen LogP contribution >= 0.6 is 23.1 Å². The van der Waals surface area contributed by atoms with Gasteiger partial charge in [-0.25, -0.2) is 13.4 Å². The summed E-state index contributed by atoms with van der Waals surface area (Å²) in [6, 6.07) is 14.1. The highest BCUT2D eigenvalue weighted by Gasteiger charge is 2.26. The number of hydrogen-bond acceptors (Lipinski definition) is 7. The van der Waals surface area contributed by atoms with Crippen molar-refractivity contribution in [2.45, 2.75) is 21.4 Å². The second-order valence-electron chi connectivity index (χ2n) is 6.74. The Labute approximate surface area is 183 Å². The molecule has 1 atom stereocenters. The van der Waals surface area contributed by atoms with Gasteiger partial charge in [-0.1, -0.05) is 23.9 Å². The maximum atomic E-state index is 12.7. The molecule has 1 aliphatic heterocycles. The summed E-state index contributed by atoms with van der Waals surface area (Å²) in [5.41, 5.74) is 1.48. The molecule has 0 saturated carbocycles. The summed E-state index contributed by atoms with van der Waals surface area (Å²) >= 11 is 2.96. The van der Waals surface area contributed by atoms with Gasteiger partial charge < -0.3 is 10.1 Å². The summed E-state index contributed by atoms with van der Waals surface area (Å²) in [4.78, 5) is 17.3. The first kappa shape index (κ1) is 21.3. The van der Waals surface area contributed by atoms with Crippen LogP contribution in [-0.2, 0) is 19.6 Å². The first-order valence-electron chi connectivity index (χ1n) is 9.44. The van der Waals surface area contributed by atoms with Crippen LogP contribution in [0.3, 0.4) is 0 Å². The molecule has 0 unspecified atom stereocenters. The minimum atomic E-state index is -3.55. The third-order valence-corrected chi connectivity index (χ3v) is 8.79. The smallest absolute Gasteiger partial charge is 0.243 e. The lowest BCUT2D eigenvalue weighted by Gasteiger charge is -2.26. The quantitative estimate of drug-likeness (QED) is 0.564. The lowest BCUT2D eigenvalue weighted by molar-refractivity contribution is -0.115. The molecule has 0 radical (unpaired) electrons. The second kappa shape index (κ2) is 9.03. The Balaban J connectivity index is 1.39. The minimum absolute atomic E-state index is 0.164. The van der Waals surface area contributed by atoms with Crippen molar-refractivity contribution in [3.63, 3.8) is 0 Å². The van der Waals surface area contributed by atoms with Crippen LogP contribution in [-0.4, -0.2) is 55.2 Å². The van der Waals surface area contributed by atoms with Crippen LogP contribution in [0.4, 0.5) is 5.69 Å². The average molecular weight is 464 g/mol. The van der Waals surface area contributed by atoms with Crippen LogP contribution < -0.4 is 5.32 Å². The van der Waals surface area contributed by atoms with Crippen molar-refractivity contribution in [1.82, 2.24) is 9.29 Å². The molecule has 1 N–H and O–H groups in total. The standard InChI is InChI=1S/C20H21N3O4S3/c1-14(28-20-22-17-4-2-3-5-18(17)29-20)19(24)21-15-6-8-16(9-7-15)30(25,26)23-10-12-27-13-11-23/h2-9,14H,10-13H2,1H3,(H,21,24)/t14-/m0/s1. The van der Waals surface area contributed by atoms with E-state index in [0.29, 0.717) is 32.0 Å². The predicted octanol–water partition coefficient (Wildman–Crippen LogP) is 3.44. The van der Waals surface area contributed by atoms with Crippen LogP contribution in [0, 0.1) is 0 Å². The SMILES string of the molecule is C[C@H](Sc1nc2ccccc2s1)C(=O)Nc1ccc(S(=O)(=O)N2CCOCC2)cc1. The largest absolute Gasteiger partial charge is 0.379 e. The molecule has 2 heterocycles. The molecule has 3 aromatic rings. The molecule has 1 amide bonds. The van der Waals surface area contributed by atoms with Crippen molar-refractivity contribution in [3.05, 3.63) is 48.5 Å². The zero-order valence-electron chi connectivity index (χ0n) is 16.3. The predicted molar refractivity (Wildman–Crippen MR) is 120 cm³/mol. The van der Waals surface area contributed by atoms with Crippen LogP contribution in [0.25, 0.3) is 10.2 Å². The third-order valence-electron chi connectivity index (χ3n) is 4.65. The van der Waals surface area contributed by atoms with Crippen LogP contribution in [0.1, 0.15) is 6.92 Å². The van der Waals surface area contributed by atoms with E-state index in [-0.39, 0.29) is 16.1 Å². The van der Waals surface area contributed by atoms with Gasteiger partial charge in [0.15, 0.2) is 4.34 Å². The van der Waals surface area contributed by atoms with Gasteiger partial charge in [-0.15, -0.1) is 11.3 Å². The van der Waals surface area contributed by atoms with E-state index in [2.05, 4.69) is 10.3 Å². The van der Waals surface area contributed by atoms with Crippen molar-refractivity contribution in [2.24, 2.45) is 0 Å². The van der Waals surface area contributed by atoms with Crippen LogP contribution in [0.2, 0.25) is 0 Å². The Hall–Kier alpha value is -1.98. The maximum absolute atomic E-state index is 12.7. The summed E-state index contributed by atoms with van der Waals surface area (Å²) in [5, 5.41) is 2.50. The second-order valence-corrected chi connectivity index (χ2v) is 11.3. The Morgan fingerprint density at radius 1 is 1.17 bits per heavy atom. The first-order valence-corrected chi connectivity index (χ1v) is 12.6. The molecule has 1 aliphatic rings. The summed E-state index contributed by atoms with van der Waals surface area (Å²) in [5.74, 6) is -0.164. The highest BCUT2D eigenvalue weighted by atomic mass is 32.2. The van der Waals surface area contributed by atoms with Crippen molar-refractivity contribution in [3.8, 4) is 0 Å². The lowest BCUT2D eigenvalue weighted by atomic mass is 10.3. The molecule has 30 heavy (non-hydrogen) atoms. The van der Waals surface area contributed by atoms with Crippen LogP contribution in [0.15, 0.2) is 57.8 Å². The van der Waals surface area contributed by atoms with Crippen molar-refractivity contribution < 1.29 is 17.9 Å². The Morgan fingerprint density at radius 2 is 1.87 bits per heavy atom. The number of fused-ring (bicyclic) bond motifs is 1. The van der Waals surface area contributed by atoms with Gasteiger partial charge in [0.05, 0.1) is 33.6 Å². The van der Waals surface area contributed by atoms with Crippen molar-refractivity contribution >= 4 is 54.9 Å². The highest BCUT2D eigenvalue weighted by molar-refractivity contribution is 8.02. The Kier molecular flexibility index (Phi) is 6.40. The number of hydrogen-bond donors (Lipinski definition) is 1. The van der Waals surface area contributed by atoms with E-state index in [0.717, 1.165) is 14.6 Å². The number of anilines is 1. The summed E-state index contributed by atoms with van der Waals surface area (Å²) in [6.07, 6.45) is 0. The molecule has 7 nitrogen and oxygen atoms in total. The molecule has 158 valence electrons. The summed E-state index contributed by atoms with van der Waals surface area (Å²) in [6.45, 7) is 3.32. The zero-order valence-corrected chi connectivity index (χ0v) is 18.7. The van der Waals surface area contributed by atoms with E-state index in [1.807, 2.05) is 31.2 Å². The van der Waals surface area contributed by atoms with Gasteiger partial charge in [0.1, 0.15) is 0 Å². The number of ether oxygens (including phenoxy) is 1. The van der Waals surface area contributed by atoms with Gasteiger partial charge in [0.25, 0.3) is 0 Å². The molecule has 1 fully saturated rings. The molecule has 10 heteroatoms. The van der Waals surface area contributed by atoms with Crippen molar-refractivity contribution in [2.75, 3.05) is 31.6 Å². The average Bonchev–Trinajstić information content (AvgIpc) is 3.17. The highest BCUT2D eigenvalue weighted by Crippen LogP contribution is 2.32. The topological polar surface area (TPSA) is 88.6 Å².